The molecular formula is C14H19N5O. The molecule has 20 heavy (non-hydrogen) atoms. The molecule has 0 aliphatic heterocycles. The van der Waals surface area contributed by atoms with Crippen LogP contribution in [0, 0.1) is 0 Å². The van der Waals surface area contributed by atoms with Crippen LogP contribution in [-0.2, 0) is 4.79 Å². The zero-order valence-electron chi connectivity index (χ0n) is 11.7. The maximum absolute atomic E-state index is 11.8. The minimum atomic E-state index is -0.0179. The number of hydrogen-bond acceptors (Lipinski definition) is 4. The Bertz CT molecular complexity index is 535. The Hall–Kier alpha value is -2.21. The third-order valence-electron chi connectivity index (χ3n) is 2.84. The van der Waals surface area contributed by atoms with Gasteiger partial charge in [0.2, 0.25) is 5.91 Å². The zero-order chi connectivity index (χ0) is 14.4. The summed E-state index contributed by atoms with van der Waals surface area (Å²) in [5, 5.41) is 6.04. The second-order valence-corrected chi connectivity index (χ2v) is 4.59. The lowest BCUT2D eigenvalue weighted by Gasteiger charge is -2.12. The van der Waals surface area contributed by atoms with Crippen molar-refractivity contribution in [3.63, 3.8) is 0 Å². The topological polar surface area (TPSA) is 71.8 Å². The fraction of sp³-hybridized carbons (Fsp3) is 0.357. The average molecular weight is 273 g/mol. The first kappa shape index (κ1) is 14.2. The quantitative estimate of drug-likeness (QED) is 0.838. The Kier molecular flexibility index (Phi) is 4.84. The number of amides is 1. The molecule has 6 heteroatoms. The normalized spacial score (nSPS) is 12.1. The molecule has 2 heterocycles. The molecule has 2 aromatic heterocycles. The fourth-order valence-electron chi connectivity index (χ4n) is 1.92. The molecule has 0 radical (unpaired) electrons. The van der Waals surface area contributed by atoms with Gasteiger partial charge in [0.05, 0.1) is 11.9 Å². The van der Waals surface area contributed by atoms with Gasteiger partial charge >= 0.3 is 0 Å². The van der Waals surface area contributed by atoms with Crippen LogP contribution in [0.3, 0.4) is 0 Å². The van der Waals surface area contributed by atoms with E-state index < -0.39 is 0 Å². The van der Waals surface area contributed by atoms with Crippen molar-refractivity contribution in [1.29, 1.82) is 0 Å². The average Bonchev–Trinajstić information content (AvgIpc) is 2.93. The Morgan fingerprint density at radius 3 is 2.90 bits per heavy atom. The van der Waals surface area contributed by atoms with Crippen LogP contribution in [0.1, 0.15) is 20.3 Å². The number of carbonyl (C=O) groups excluding carboxylic acids is 1. The largest absolute Gasteiger partial charge is 0.325 e. The van der Waals surface area contributed by atoms with Crippen LogP contribution >= 0.6 is 0 Å². The van der Waals surface area contributed by atoms with Crippen molar-refractivity contribution >= 4 is 11.6 Å². The molecule has 2 N–H and O–H groups in total. The van der Waals surface area contributed by atoms with E-state index in [1.165, 1.54) is 0 Å². The van der Waals surface area contributed by atoms with Crippen molar-refractivity contribution in [3.8, 4) is 5.82 Å². The van der Waals surface area contributed by atoms with Gasteiger partial charge in [-0.3, -0.25) is 9.36 Å². The molecular weight excluding hydrogens is 254 g/mol. The summed E-state index contributed by atoms with van der Waals surface area (Å²) in [5.41, 5.74) is 0.697. The number of nitrogens with zero attached hydrogens (tertiary/aromatic N) is 3. The highest BCUT2D eigenvalue weighted by Crippen LogP contribution is 2.10. The molecule has 0 aromatic carbocycles. The summed E-state index contributed by atoms with van der Waals surface area (Å²) in [6, 6.07) is 3.83. The van der Waals surface area contributed by atoms with E-state index in [1.54, 1.807) is 23.3 Å². The first-order valence-electron chi connectivity index (χ1n) is 6.66. The predicted molar refractivity (Wildman–Crippen MR) is 77.7 cm³/mol. The van der Waals surface area contributed by atoms with Crippen LogP contribution < -0.4 is 10.6 Å². The lowest BCUT2D eigenvalue weighted by molar-refractivity contribution is -0.116. The Morgan fingerprint density at radius 2 is 2.30 bits per heavy atom. The Balaban J connectivity index is 1.92. The van der Waals surface area contributed by atoms with E-state index in [9.17, 15) is 4.79 Å². The monoisotopic (exact) mass is 273 g/mol. The van der Waals surface area contributed by atoms with Crippen LogP contribution in [0.2, 0.25) is 0 Å². The molecule has 0 aliphatic rings. The predicted octanol–water partition coefficient (Wildman–Crippen LogP) is 1.59. The van der Waals surface area contributed by atoms with Gasteiger partial charge < -0.3 is 10.6 Å². The first-order valence-corrected chi connectivity index (χ1v) is 6.66. The molecule has 0 bridgehead atoms. The number of carbonyl (C=O) groups is 1. The van der Waals surface area contributed by atoms with Crippen molar-refractivity contribution in [1.82, 2.24) is 19.9 Å². The van der Waals surface area contributed by atoms with Crippen LogP contribution in [0.15, 0.2) is 37.1 Å². The zero-order valence-corrected chi connectivity index (χ0v) is 11.7. The van der Waals surface area contributed by atoms with Crippen LogP contribution in [0.5, 0.6) is 0 Å². The van der Waals surface area contributed by atoms with Crippen LogP contribution in [0.4, 0.5) is 5.69 Å². The molecule has 1 unspecified atom stereocenters. The SMILES string of the molecule is CCNC(C)CC(=O)Nc1ccc(-n2ccnc2)nc1. The molecule has 0 aliphatic carbocycles. The van der Waals surface area contributed by atoms with Gasteiger partial charge in [-0.15, -0.1) is 0 Å². The highest BCUT2D eigenvalue weighted by Gasteiger charge is 2.08. The first-order chi connectivity index (χ1) is 9.69. The van der Waals surface area contributed by atoms with E-state index in [4.69, 9.17) is 0 Å². The molecule has 0 fully saturated rings. The number of imidazole rings is 1. The minimum absolute atomic E-state index is 0.0179. The van der Waals surface area contributed by atoms with Gasteiger partial charge in [-0.2, -0.15) is 0 Å². The van der Waals surface area contributed by atoms with Gasteiger partial charge in [-0.25, -0.2) is 9.97 Å². The molecule has 0 spiro atoms. The van der Waals surface area contributed by atoms with E-state index in [0.29, 0.717) is 12.1 Å². The van der Waals surface area contributed by atoms with E-state index in [-0.39, 0.29) is 11.9 Å². The third kappa shape index (κ3) is 3.89. The lowest BCUT2D eigenvalue weighted by atomic mass is 10.2. The molecule has 2 rings (SSSR count). The van der Waals surface area contributed by atoms with Gasteiger partial charge in [0, 0.05) is 24.9 Å². The number of hydrogen-bond donors (Lipinski definition) is 2. The van der Waals surface area contributed by atoms with Crippen molar-refractivity contribution in [2.75, 3.05) is 11.9 Å². The third-order valence-corrected chi connectivity index (χ3v) is 2.84. The molecule has 2 aromatic rings. The van der Waals surface area contributed by atoms with Gasteiger partial charge in [-0.05, 0) is 25.6 Å². The van der Waals surface area contributed by atoms with E-state index in [0.717, 1.165) is 12.4 Å². The number of aromatic nitrogens is 3. The van der Waals surface area contributed by atoms with E-state index >= 15 is 0 Å². The smallest absolute Gasteiger partial charge is 0.225 e. The molecule has 6 nitrogen and oxygen atoms in total. The molecule has 106 valence electrons. The molecule has 1 amide bonds. The lowest BCUT2D eigenvalue weighted by Crippen LogP contribution is -2.30. The summed E-state index contributed by atoms with van der Waals surface area (Å²) in [6.45, 7) is 4.87. The van der Waals surface area contributed by atoms with E-state index in [2.05, 4.69) is 20.6 Å². The molecule has 0 saturated heterocycles. The molecule has 0 saturated carbocycles. The summed E-state index contributed by atoms with van der Waals surface area (Å²) in [6.07, 6.45) is 7.28. The van der Waals surface area contributed by atoms with Crippen molar-refractivity contribution in [2.24, 2.45) is 0 Å². The van der Waals surface area contributed by atoms with Gasteiger partial charge in [0.25, 0.3) is 0 Å². The van der Waals surface area contributed by atoms with Gasteiger partial charge in [0.15, 0.2) is 0 Å². The highest BCUT2D eigenvalue weighted by atomic mass is 16.1. The fourth-order valence-corrected chi connectivity index (χ4v) is 1.92. The van der Waals surface area contributed by atoms with Crippen molar-refractivity contribution < 1.29 is 4.79 Å². The van der Waals surface area contributed by atoms with Gasteiger partial charge in [0.1, 0.15) is 12.1 Å². The minimum Gasteiger partial charge on any atom is -0.325 e. The number of nitrogens with one attached hydrogen (secondary N) is 2. The second-order valence-electron chi connectivity index (χ2n) is 4.59. The number of pyridine rings is 1. The maximum atomic E-state index is 11.8. The van der Waals surface area contributed by atoms with E-state index in [1.807, 2.05) is 32.2 Å². The second kappa shape index (κ2) is 6.81. The summed E-state index contributed by atoms with van der Waals surface area (Å²) in [4.78, 5) is 20.1. The summed E-state index contributed by atoms with van der Waals surface area (Å²) in [7, 11) is 0. The number of rotatable bonds is 6. The Labute approximate surface area is 118 Å². The van der Waals surface area contributed by atoms with Crippen molar-refractivity contribution in [3.05, 3.63) is 37.1 Å². The summed E-state index contributed by atoms with van der Waals surface area (Å²) < 4.78 is 1.80. The maximum Gasteiger partial charge on any atom is 0.225 e. The summed E-state index contributed by atoms with van der Waals surface area (Å²) >= 11 is 0. The number of anilines is 1. The molecule has 1 atom stereocenters. The van der Waals surface area contributed by atoms with Crippen molar-refractivity contribution in [2.45, 2.75) is 26.3 Å². The van der Waals surface area contributed by atoms with Crippen LogP contribution in [0.25, 0.3) is 5.82 Å². The Morgan fingerprint density at radius 1 is 1.45 bits per heavy atom. The van der Waals surface area contributed by atoms with Crippen LogP contribution in [-0.4, -0.2) is 33.0 Å². The standard InChI is InChI=1S/C14H19N5O/c1-3-16-11(2)8-14(20)18-12-4-5-13(17-9-12)19-7-6-15-10-19/h4-7,9-11,16H,3,8H2,1-2H3,(H,18,20). The summed E-state index contributed by atoms with van der Waals surface area (Å²) in [5.74, 6) is 0.747. The van der Waals surface area contributed by atoms with Gasteiger partial charge in [-0.1, -0.05) is 6.92 Å². The highest BCUT2D eigenvalue weighted by molar-refractivity contribution is 5.90.